The van der Waals surface area contributed by atoms with E-state index in [4.69, 9.17) is 0 Å². The van der Waals surface area contributed by atoms with Gasteiger partial charge < -0.3 is 5.32 Å². The van der Waals surface area contributed by atoms with Gasteiger partial charge in [0.05, 0.1) is 6.54 Å². The van der Waals surface area contributed by atoms with Crippen LogP contribution in [0.15, 0.2) is 12.1 Å². The van der Waals surface area contributed by atoms with Crippen LogP contribution in [0.25, 0.3) is 0 Å². The third-order valence-electron chi connectivity index (χ3n) is 2.05. The second-order valence-corrected chi connectivity index (χ2v) is 3.54. The quantitative estimate of drug-likeness (QED) is 0.643. The summed E-state index contributed by atoms with van der Waals surface area (Å²) < 4.78 is 86.4. The fourth-order valence-electron chi connectivity index (χ4n) is 1.16. The first-order valence-corrected chi connectivity index (χ1v) is 4.74. The number of hydrogen-bond donors (Lipinski definition) is 1. The molecule has 1 aromatic rings. The van der Waals surface area contributed by atoms with Crippen LogP contribution in [0.1, 0.15) is 5.56 Å². The number of rotatable bonds is 5. The molecule has 0 atom stereocenters. The molecule has 0 aliphatic carbocycles. The molecule has 0 amide bonds. The summed E-state index contributed by atoms with van der Waals surface area (Å²) in [6, 6.07) is 1.18. The van der Waals surface area contributed by atoms with Gasteiger partial charge in [-0.3, -0.25) is 0 Å². The van der Waals surface area contributed by atoms with Crippen molar-refractivity contribution < 1.29 is 30.7 Å². The van der Waals surface area contributed by atoms with Crippen LogP contribution in [-0.4, -0.2) is 18.9 Å². The average Bonchev–Trinajstić information content (AvgIpc) is 2.25. The predicted molar refractivity (Wildman–Crippen MR) is 49.0 cm³/mol. The van der Waals surface area contributed by atoms with Crippen molar-refractivity contribution in [3.63, 3.8) is 0 Å². The number of nitrogens with one attached hydrogen (secondary N) is 1. The molecule has 0 spiro atoms. The van der Waals surface area contributed by atoms with Gasteiger partial charge in [0.15, 0.2) is 17.5 Å². The van der Waals surface area contributed by atoms with Crippen molar-refractivity contribution in [3.8, 4) is 0 Å². The van der Waals surface area contributed by atoms with E-state index in [1.807, 2.05) is 5.32 Å². The van der Waals surface area contributed by atoms with E-state index in [-0.39, 0.29) is 5.56 Å². The molecule has 0 fully saturated rings. The Labute approximate surface area is 97.6 Å². The topological polar surface area (TPSA) is 12.0 Å². The molecule has 0 aliphatic heterocycles. The van der Waals surface area contributed by atoms with Gasteiger partial charge in [-0.25, -0.2) is 22.0 Å². The number of alkyl halides is 4. The molecule has 0 bridgehead atoms. The van der Waals surface area contributed by atoms with E-state index in [0.717, 1.165) is 0 Å². The highest BCUT2D eigenvalue weighted by atomic mass is 19.3. The highest BCUT2D eigenvalue weighted by molar-refractivity contribution is 5.19. The summed E-state index contributed by atoms with van der Waals surface area (Å²) in [7, 11) is 0. The normalized spacial score (nSPS) is 12.2. The molecule has 1 aromatic carbocycles. The van der Waals surface area contributed by atoms with Gasteiger partial charge in [0.25, 0.3) is 0 Å². The lowest BCUT2D eigenvalue weighted by Crippen LogP contribution is -2.38. The van der Waals surface area contributed by atoms with Crippen LogP contribution in [0.2, 0.25) is 0 Å². The van der Waals surface area contributed by atoms with Crippen molar-refractivity contribution >= 4 is 0 Å². The maximum absolute atomic E-state index is 12.7. The van der Waals surface area contributed by atoms with E-state index in [9.17, 15) is 30.7 Å². The van der Waals surface area contributed by atoms with Gasteiger partial charge in [0, 0.05) is 6.54 Å². The summed E-state index contributed by atoms with van der Waals surface area (Å²) in [4.78, 5) is 0. The maximum atomic E-state index is 12.7. The SMILES string of the molecule is Fc1cc(CNCC(F)(F)C(F)F)cc(F)c1F. The van der Waals surface area contributed by atoms with Crippen LogP contribution < -0.4 is 5.32 Å². The Bertz CT molecular complexity index is 396. The lowest BCUT2D eigenvalue weighted by Gasteiger charge is -2.15. The van der Waals surface area contributed by atoms with Crippen molar-refractivity contribution in [3.05, 3.63) is 35.1 Å². The van der Waals surface area contributed by atoms with Crippen LogP contribution in [-0.2, 0) is 6.54 Å². The van der Waals surface area contributed by atoms with Crippen LogP contribution in [0, 0.1) is 17.5 Å². The van der Waals surface area contributed by atoms with E-state index >= 15 is 0 Å². The molecule has 102 valence electrons. The Morgan fingerprint density at radius 3 is 2.00 bits per heavy atom. The summed E-state index contributed by atoms with van der Waals surface area (Å²) in [5.74, 6) is -8.88. The molecule has 1 rings (SSSR count). The van der Waals surface area contributed by atoms with Crippen molar-refractivity contribution in [1.29, 1.82) is 0 Å². The zero-order chi connectivity index (χ0) is 13.9. The van der Waals surface area contributed by atoms with Gasteiger partial charge in [0.1, 0.15) is 0 Å². The highest BCUT2D eigenvalue weighted by Gasteiger charge is 2.39. The summed E-state index contributed by atoms with van der Waals surface area (Å²) in [6.07, 6.45) is -3.84. The minimum atomic E-state index is -4.24. The van der Waals surface area contributed by atoms with E-state index < -0.39 is 42.9 Å². The Hall–Kier alpha value is -1.31. The second-order valence-electron chi connectivity index (χ2n) is 3.54. The summed E-state index contributed by atoms with van der Waals surface area (Å²) in [5.41, 5.74) is -0.170. The van der Waals surface area contributed by atoms with E-state index in [1.54, 1.807) is 0 Å². The monoisotopic (exact) mass is 275 g/mol. The lowest BCUT2D eigenvalue weighted by molar-refractivity contribution is -0.125. The lowest BCUT2D eigenvalue weighted by atomic mass is 10.2. The molecule has 0 heterocycles. The Kier molecular flexibility index (Phi) is 4.55. The summed E-state index contributed by atoms with van der Waals surface area (Å²) in [5, 5.41) is 1.91. The van der Waals surface area contributed by atoms with Gasteiger partial charge in [0.2, 0.25) is 0 Å². The molecule has 0 aromatic heterocycles. The molecule has 0 saturated carbocycles. The number of halogens is 7. The molecule has 0 aliphatic rings. The molecule has 1 N–H and O–H groups in total. The summed E-state index contributed by atoms with van der Waals surface area (Å²) in [6.45, 7) is -1.85. The van der Waals surface area contributed by atoms with Crippen LogP contribution in [0.3, 0.4) is 0 Å². The van der Waals surface area contributed by atoms with Crippen molar-refractivity contribution in [2.75, 3.05) is 6.54 Å². The highest BCUT2D eigenvalue weighted by Crippen LogP contribution is 2.21. The molecule has 0 radical (unpaired) electrons. The molecule has 18 heavy (non-hydrogen) atoms. The first-order chi connectivity index (χ1) is 8.24. The zero-order valence-electron chi connectivity index (χ0n) is 8.79. The average molecular weight is 275 g/mol. The van der Waals surface area contributed by atoms with Gasteiger partial charge in [-0.2, -0.15) is 8.78 Å². The minimum Gasteiger partial charge on any atom is -0.307 e. The van der Waals surface area contributed by atoms with Crippen LogP contribution in [0.5, 0.6) is 0 Å². The standard InChI is InChI=1S/C10H8F7N/c11-6-1-5(2-7(12)8(6)13)3-18-4-10(16,17)9(14)15/h1-2,9,18H,3-4H2. The molecule has 0 unspecified atom stereocenters. The fourth-order valence-corrected chi connectivity index (χ4v) is 1.16. The first-order valence-electron chi connectivity index (χ1n) is 4.74. The van der Waals surface area contributed by atoms with E-state index in [2.05, 4.69) is 0 Å². The summed E-state index contributed by atoms with van der Waals surface area (Å²) >= 11 is 0. The zero-order valence-corrected chi connectivity index (χ0v) is 8.79. The maximum Gasteiger partial charge on any atom is 0.319 e. The van der Waals surface area contributed by atoms with Crippen molar-refractivity contribution in [2.45, 2.75) is 18.9 Å². The predicted octanol–water partition coefficient (Wildman–Crippen LogP) is 3.09. The second kappa shape index (κ2) is 5.55. The van der Waals surface area contributed by atoms with Gasteiger partial charge >= 0.3 is 12.3 Å². The third kappa shape index (κ3) is 3.59. The fraction of sp³-hybridized carbons (Fsp3) is 0.400. The van der Waals surface area contributed by atoms with Gasteiger partial charge in [-0.1, -0.05) is 0 Å². The minimum absolute atomic E-state index is 0.170. The Balaban J connectivity index is 2.60. The smallest absolute Gasteiger partial charge is 0.307 e. The van der Waals surface area contributed by atoms with E-state index in [0.29, 0.717) is 12.1 Å². The third-order valence-corrected chi connectivity index (χ3v) is 2.05. The van der Waals surface area contributed by atoms with Gasteiger partial charge in [-0.15, -0.1) is 0 Å². The van der Waals surface area contributed by atoms with Gasteiger partial charge in [-0.05, 0) is 17.7 Å². The van der Waals surface area contributed by atoms with E-state index in [1.165, 1.54) is 0 Å². The molecule has 8 heteroatoms. The molecule has 1 nitrogen and oxygen atoms in total. The Morgan fingerprint density at radius 1 is 1.06 bits per heavy atom. The molecular weight excluding hydrogens is 267 g/mol. The van der Waals surface area contributed by atoms with Crippen LogP contribution >= 0.6 is 0 Å². The number of benzene rings is 1. The van der Waals surface area contributed by atoms with Crippen LogP contribution in [0.4, 0.5) is 30.7 Å². The first kappa shape index (κ1) is 14.7. The molecular formula is C10H8F7N. The largest absolute Gasteiger partial charge is 0.319 e. The molecule has 0 saturated heterocycles. The van der Waals surface area contributed by atoms with Crippen molar-refractivity contribution in [2.24, 2.45) is 0 Å². The Morgan fingerprint density at radius 2 is 1.56 bits per heavy atom. The van der Waals surface area contributed by atoms with Crippen molar-refractivity contribution in [1.82, 2.24) is 5.32 Å². The number of hydrogen-bond acceptors (Lipinski definition) is 1.